The molecule has 1 aromatic rings. The van der Waals surface area contributed by atoms with Gasteiger partial charge in [0.1, 0.15) is 0 Å². The topological polar surface area (TPSA) is 29.3 Å². The number of hydrogen-bond donors (Lipinski definition) is 1. The van der Waals surface area contributed by atoms with Gasteiger partial charge in [0.25, 0.3) is 0 Å². The Labute approximate surface area is 98.2 Å². The van der Waals surface area contributed by atoms with Crippen LogP contribution in [0.25, 0.3) is 0 Å². The third-order valence-electron chi connectivity index (χ3n) is 2.29. The van der Waals surface area contributed by atoms with E-state index in [1.54, 1.807) is 11.3 Å². The first kappa shape index (κ1) is 12.0. The van der Waals surface area contributed by atoms with Crippen molar-refractivity contribution in [3.63, 3.8) is 0 Å². The summed E-state index contributed by atoms with van der Waals surface area (Å²) in [7, 11) is 2.13. The molecule has 0 aliphatic heterocycles. The first-order chi connectivity index (χ1) is 6.63. The number of rotatable bonds is 5. The number of hydrogen-bond acceptors (Lipinski definition) is 3. The molecule has 2 N–H and O–H groups in total. The summed E-state index contributed by atoms with van der Waals surface area (Å²) in [5, 5.41) is 3.42. The summed E-state index contributed by atoms with van der Waals surface area (Å²) in [5.41, 5.74) is 5.58. The molecule has 1 atom stereocenters. The molecule has 0 amide bonds. The quantitative estimate of drug-likeness (QED) is 0.896. The van der Waals surface area contributed by atoms with Gasteiger partial charge in [0.05, 0.1) is 5.00 Å². The molecule has 14 heavy (non-hydrogen) atoms. The van der Waals surface area contributed by atoms with Gasteiger partial charge < -0.3 is 10.6 Å². The summed E-state index contributed by atoms with van der Waals surface area (Å²) < 4.78 is 1.16. The Morgan fingerprint density at radius 3 is 2.86 bits per heavy atom. The van der Waals surface area contributed by atoms with E-state index in [-0.39, 0.29) is 0 Å². The molecule has 0 saturated carbocycles. The van der Waals surface area contributed by atoms with Crippen molar-refractivity contribution in [2.24, 2.45) is 11.7 Å². The lowest BCUT2D eigenvalue weighted by molar-refractivity contribution is 0.546. The van der Waals surface area contributed by atoms with Crippen molar-refractivity contribution in [3.05, 3.63) is 15.9 Å². The summed E-state index contributed by atoms with van der Waals surface area (Å²) in [4.78, 5) is 2.28. The summed E-state index contributed by atoms with van der Waals surface area (Å²) in [6, 6.07) is 2.15. The molecule has 1 aromatic heterocycles. The molecule has 0 radical (unpaired) electrons. The molecule has 80 valence electrons. The van der Waals surface area contributed by atoms with Crippen molar-refractivity contribution in [3.8, 4) is 0 Å². The Morgan fingerprint density at radius 1 is 1.64 bits per heavy atom. The summed E-state index contributed by atoms with van der Waals surface area (Å²) >= 11 is 5.22. The Hall–Kier alpha value is -0.0600. The van der Waals surface area contributed by atoms with E-state index in [0.29, 0.717) is 5.92 Å². The molecule has 0 aliphatic carbocycles. The van der Waals surface area contributed by atoms with Crippen LogP contribution in [0.3, 0.4) is 0 Å². The van der Waals surface area contributed by atoms with Gasteiger partial charge in [-0.25, -0.2) is 0 Å². The van der Waals surface area contributed by atoms with Crippen LogP contribution in [0.1, 0.15) is 13.3 Å². The average Bonchev–Trinajstić information content (AvgIpc) is 2.60. The van der Waals surface area contributed by atoms with E-state index in [1.807, 2.05) is 0 Å². The highest BCUT2D eigenvalue weighted by Crippen LogP contribution is 2.27. The van der Waals surface area contributed by atoms with Gasteiger partial charge in [-0.15, -0.1) is 11.3 Å². The van der Waals surface area contributed by atoms with Gasteiger partial charge in [0.2, 0.25) is 0 Å². The molecule has 1 unspecified atom stereocenters. The third kappa shape index (κ3) is 3.59. The van der Waals surface area contributed by atoms with E-state index < -0.39 is 0 Å². The van der Waals surface area contributed by atoms with Gasteiger partial charge in [-0.05, 0) is 40.9 Å². The lowest BCUT2D eigenvalue weighted by atomic mass is 10.1. The predicted octanol–water partition coefficient (Wildman–Crippen LogP) is 2.93. The van der Waals surface area contributed by atoms with Crippen LogP contribution in [0.2, 0.25) is 0 Å². The first-order valence-corrected chi connectivity index (χ1v) is 6.46. The van der Waals surface area contributed by atoms with Crippen molar-refractivity contribution in [2.45, 2.75) is 13.3 Å². The van der Waals surface area contributed by atoms with Gasteiger partial charge >= 0.3 is 0 Å². The fraction of sp³-hybridized carbons (Fsp3) is 0.600. The third-order valence-corrected chi connectivity index (χ3v) is 4.09. The zero-order chi connectivity index (χ0) is 10.6. The van der Waals surface area contributed by atoms with Crippen molar-refractivity contribution in [1.82, 2.24) is 0 Å². The van der Waals surface area contributed by atoms with Crippen LogP contribution in [0.15, 0.2) is 15.9 Å². The molecule has 1 rings (SSSR count). The van der Waals surface area contributed by atoms with Gasteiger partial charge in [-0.1, -0.05) is 6.92 Å². The van der Waals surface area contributed by atoms with E-state index in [4.69, 9.17) is 5.73 Å². The van der Waals surface area contributed by atoms with Crippen LogP contribution < -0.4 is 10.6 Å². The van der Waals surface area contributed by atoms with Crippen LogP contribution in [0, 0.1) is 5.92 Å². The molecule has 0 aromatic carbocycles. The predicted molar refractivity (Wildman–Crippen MR) is 68.1 cm³/mol. The van der Waals surface area contributed by atoms with Gasteiger partial charge in [-0.2, -0.15) is 0 Å². The zero-order valence-corrected chi connectivity index (χ0v) is 11.1. The Balaban J connectivity index is 2.39. The molecule has 0 fully saturated rings. The maximum atomic E-state index is 5.58. The smallest absolute Gasteiger partial charge is 0.0917 e. The molecule has 0 spiro atoms. The number of thiophene rings is 1. The van der Waals surface area contributed by atoms with Gasteiger partial charge in [-0.3, -0.25) is 0 Å². The standard InChI is InChI=1S/C10H17BrN2S/c1-8(6-12)3-4-13(2)10-5-9(11)7-14-10/h5,7-8H,3-4,6,12H2,1-2H3. The molecule has 0 aliphatic rings. The summed E-state index contributed by atoms with van der Waals surface area (Å²) in [6.45, 7) is 4.05. The number of nitrogens with zero attached hydrogens (tertiary/aromatic N) is 1. The minimum absolute atomic E-state index is 0.612. The van der Waals surface area contributed by atoms with Crippen LogP contribution in [0.4, 0.5) is 5.00 Å². The zero-order valence-electron chi connectivity index (χ0n) is 8.66. The monoisotopic (exact) mass is 276 g/mol. The molecule has 2 nitrogen and oxygen atoms in total. The van der Waals surface area contributed by atoms with E-state index in [9.17, 15) is 0 Å². The Bertz CT molecular complexity index is 275. The Morgan fingerprint density at radius 2 is 2.36 bits per heavy atom. The number of anilines is 1. The van der Waals surface area contributed by atoms with E-state index in [0.717, 1.165) is 24.0 Å². The molecule has 0 saturated heterocycles. The summed E-state index contributed by atoms with van der Waals surface area (Å²) in [6.07, 6.45) is 1.16. The van der Waals surface area contributed by atoms with E-state index >= 15 is 0 Å². The second-order valence-electron chi connectivity index (χ2n) is 3.65. The van der Waals surface area contributed by atoms with Crippen molar-refractivity contribution in [1.29, 1.82) is 0 Å². The SMILES string of the molecule is CC(CN)CCN(C)c1cc(Br)cs1. The minimum Gasteiger partial charge on any atom is -0.366 e. The second kappa shape index (κ2) is 5.73. The average molecular weight is 277 g/mol. The second-order valence-corrected chi connectivity index (χ2v) is 5.46. The highest BCUT2D eigenvalue weighted by Gasteiger charge is 2.05. The lowest BCUT2D eigenvalue weighted by Crippen LogP contribution is -2.22. The van der Waals surface area contributed by atoms with Crippen LogP contribution in [-0.4, -0.2) is 20.1 Å². The molecule has 4 heteroatoms. The highest BCUT2D eigenvalue weighted by atomic mass is 79.9. The van der Waals surface area contributed by atoms with Gasteiger partial charge in [0, 0.05) is 23.4 Å². The number of nitrogens with two attached hydrogens (primary N) is 1. The summed E-state index contributed by atoms with van der Waals surface area (Å²) in [5.74, 6) is 0.612. The minimum atomic E-state index is 0.612. The molecular formula is C10H17BrN2S. The lowest BCUT2D eigenvalue weighted by Gasteiger charge is -2.18. The van der Waals surface area contributed by atoms with Crippen LogP contribution in [-0.2, 0) is 0 Å². The maximum Gasteiger partial charge on any atom is 0.0917 e. The van der Waals surface area contributed by atoms with Crippen LogP contribution >= 0.6 is 27.3 Å². The van der Waals surface area contributed by atoms with Gasteiger partial charge in [0.15, 0.2) is 0 Å². The first-order valence-electron chi connectivity index (χ1n) is 4.78. The molecule has 0 bridgehead atoms. The fourth-order valence-corrected chi connectivity index (χ4v) is 2.56. The highest BCUT2D eigenvalue weighted by molar-refractivity contribution is 9.10. The normalized spacial score (nSPS) is 12.9. The van der Waals surface area contributed by atoms with Crippen molar-refractivity contribution < 1.29 is 0 Å². The van der Waals surface area contributed by atoms with Crippen molar-refractivity contribution in [2.75, 3.05) is 25.0 Å². The van der Waals surface area contributed by atoms with Crippen LogP contribution in [0.5, 0.6) is 0 Å². The Kier molecular flexibility index (Phi) is 4.92. The van der Waals surface area contributed by atoms with E-state index in [1.165, 1.54) is 5.00 Å². The fourth-order valence-electron chi connectivity index (χ4n) is 1.14. The molecule has 1 heterocycles. The van der Waals surface area contributed by atoms with E-state index in [2.05, 4.69) is 46.2 Å². The molecular weight excluding hydrogens is 260 g/mol. The largest absolute Gasteiger partial charge is 0.366 e. The van der Waals surface area contributed by atoms with Crippen molar-refractivity contribution >= 4 is 32.3 Å². The number of halogens is 1. The maximum absolute atomic E-state index is 5.58.